The molecule has 2 saturated heterocycles. The second-order valence-corrected chi connectivity index (χ2v) is 18.8. The number of nitrogen functional groups attached to an aromatic ring is 1. The van der Waals surface area contributed by atoms with Crippen molar-refractivity contribution in [1.82, 2.24) is 39.5 Å². The molecule has 0 radical (unpaired) electrons. The van der Waals surface area contributed by atoms with E-state index in [9.17, 15) is 35.9 Å². The lowest BCUT2D eigenvalue weighted by molar-refractivity contribution is -0.138. The number of likely N-dealkylation sites (tertiary alicyclic amines) is 2. The molecule has 5 heterocycles. The van der Waals surface area contributed by atoms with Crippen LogP contribution in [0.15, 0.2) is 110 Å². The van der Waals surface area contributed by atoms with Gasteiger partial charge in [-0.1, -0.05) is 12.1 Å². The van der Waals surface area contributed by atoms with E-state index in [2.05, 4.69) is 62.4 Å². The number of aromatic nitrogens is 6. The Hall–Kier alpha value is -8.35. The lowest BCUT2D eigenvalue weighted by Crippen LogP contribution is -2.52. The molecule has 7 aromatic rings. The highest BCUT2D eigenvalue weighted by Crippen LogP contribution is 2.35. The van der Waals surface area contributed by atoms with Gasteiger partial charge in [-0.25, -0.2) is 25.8 Å². The fraction of sp³-hybridized carbons (Fsp3) is 0.302. The van der Waals surface area contributed by atoms with E-state index < -0.39 is 35.3 Å². The second kappa shape index (κ2) is 23.7. The van der Waals surface area contributed by atoms with Gasteiger partial charge in [-0.3, -0.25) is 19.4 Å². The first-order valence-electron chi connectivity index (χ1n) is 24.5. The summed E-state index contributed by atoms with van der Waals surface area (Å²) in [5.74, 6) is 6.85. The van der Waals surface area contributed by atoms with Crippen molar-refractivity contribution < 1.29 is 35.9 Å². The quantitative estimate of drug-likeness (QED) is 0.0242. The standard InChI is InChI=1S/C48H49F6N11O2.C5H9N5/c1-28-6-8-38(60-45(66)33-14-31(23-63-12-5-13-63)16-36(18-33)47(49,50)51)20-40(28)59-30(3)35-25-64(26-35)24-32-15-34(19-37(17-32)48(52,53)54)46(67)61-39-9-7-29(2)41(21-39)62-43-10-11-58-65(43)44-22-42(55-4)56-27-57-44;1-7-4-2-5(10-6)9-3-8-4/h6-11,14-22,27,30,35,59,62H,5,12-13,23-26H2,1-4H3,(H,60,66)(H,61,67)(H,55,56,57);2-3H,6H2,1H3,(H2,7,8,9,10). The predicted octanol–water partition coefficient (Wildman–Crippen LogP) is 9.55. The van der Waals surface area contributed by atoms with E-state index in [0.29, 0.717) is 76.8 Å². The van der Waals surface area contributed by atoms with Crippen LogP contribution in [0.3, 0.4) is 0 Å². The minimum absolute atomic E-state index is 0.0876. The molecule has 0 bridgehead atoms. The lowest BCUT2D eigenvalue weighted by atomic mass is 9.91. The third kappa shape index (κ3) is 14.1. The van der Waals surface area contributed by atoms with Gasteiger partial charge >= 0.3 is 12.4 Å². The number of rotatable bonds is 17. The molecule has 404 valence electrons. The summed E-state index contributed by atoms with van der Waals surface area (Å²) >= 11 is 0. The molecule has 0 aliphatic carbocycles. The third-order valence-corrected chi connectivity index (χ3v) is 13.1. The first-order valence-corrected chi connectivity index (χ1v) is 24.5. The fourth-order valence-corrected chi connectivity index (χ4v) is 8.62. The SMILES string of the molecule is CNc1cc(-n2nccc2Nc2cc(NC(=O)c3cc(CN4CC(C(C)Nc5cc(NC(=O)c6cc(CN7CCC7)cc(C(F)(F)F)c6)ccc5C)C4)cc(C(F)(F)F)c3)ccc2C)ncn1.CNc1cc(NN)ncn1. The molecule has 3 aromatic heterocycles. The average molecular weight is 1070 g/mol. The number of amides is 2. The molecule has 24 heteroatoms. The second-order valence-electron chi connectivity index (χ2n) is 18.8. The van der Waals surface area contributed by atoms with Gasteiger partial charge in [-0.05, 0) is 123 Å². The van der Waals surface area contributed by atoms with E-state index >= 15 is 0 Å². The number of nitrogens with zero attached hydrogens (tertiary/aromatic N) is 8. The van der Waals surface area contributed by atoms with E-state index in [0.717, 1.165) is 60.7 Å². The van der Waals surface area contributed by atoms with Gasteiger partial charge in [0, 0.05) is 104 Å². The van der Waals surface area contributed by atoms with E-state index in [1.165, 1.54) is 24.8 Å². The number of hydrogen-bond donors (Lipinski definition) is 8. The number of aryl methyl sites for hydroxylation is 2. The van der Waals surface area contributed by atoms with Crippen molar-refractivity contribution in [2.75, 3.05) is 77.6 Å². The largest absolute Gasteiger partial charge is 0.416 e. The molecular weight excluding hydrogens is 1010 g/mol. The van der Waals surface area contributed by atoms with Crippen LogP contribution in [0.5, 0.6) is 0 Å². The van der Waals surface area contributed by atoms with Crippen molar-refractivity contribution in [2.45, 2.75) is 58.7 Å². The average Bonchev–Trinajstić information content (AvgIpc) is 3.86. The van der Waals surface area contributed by atoms with Gasteiger partial charge in [-0.15, -0.1) is 0 Å². The van der Waals surface area contributed by atoms with Gasteiger partial charge < -0.3 is 37.3 Å². The molecule has 2 aliphatic rings. The number of carbonyl (C=O) groups excluding carboxylic acids is 2. The zero-order valence-corrected chi connectivity index (χ0v) is 42.7. The molecule has 18 nitrogen and oxygen atoms in total. The number of halogens is 6. The molecule has 1 unspecified atom stereocenters. The number of hydrazine groups is 1. The Balaban J connectivity index is 0.000000705. The summed E-state index contributed by atoms with van der Waals surface area (Å²) in [4.78, 5) is 47.1. The molecular formula is C53H58F6N16O2. The maximum absolute atomic E-state index is 14.2. The summed E-state index contributed by atoms with van der Waals surface area (Å²) in [6.07, 6.45) is -3.89. The van der Waals surface area contributed by atoms with Gasteiger partial charge in [-0.2, -0.15) is 36.1 Å². The molecule has 2 aliphatic heterocycles. The van der Waals surface area contributed by atoms with Gasteiger partial charge in [0.25, 0.3) is 11.8 Å². The Morgan fingerprint density at radius 1 is 0.662 bits per heavy atom. The van der Waals surface area contributed by atoms with Crippen LogP contribution in [0.4, 0.5) is 72.4 Å². The minimum Gasteiger partial charge on any atom is -0.382 e. The number of hydrogen-bond acceptors (Lipinski definition) is 15. The van der Waals surface area contributed by atoms with E-state index in [1.54, 1.807) is 79.6 Å². The Morgan fingerprint density at radius 2 is 1.19 bits per heavy atom. The zero-order valence-electron chi connectivity index (χ0n) is 42.7. The third-order valence-electron chi connectivity index (χ3n) is 13.1. The first kappa shape index (κ1) is 54.9. The Morgan fingerprint density at radius 3 is 1.74 bits per heavy atom. The number of anilines is 8. The highest BCUT2D eigenvalue weighted by atomic mass is 19.4. The summed E-state index contributed by atoms with van der Waals surface area (Å²) < 4.78 is 85.6. The summed E-state index contributed by atoms with van der Waals surface area (Å²) in [7, 11) is 3.52. The Bertz CT molecular complexity index is 3190. The lowest BCUT2D eigenvalue weighted by Gasteiger charge is -2.43. The maximum atomic E-state index is 14.2. The molecule has 9 rings (SSSR count). The Kier molecular flexibility index (Phi) is 16.9. The van der Waals surface area contributed by atoms with Gasteiger partial charge in [0.1, 0.15) is 35.9 Å². The van der Waals surface area contributed by atoms with Gasteiger partial charge in [0.05, 0.1) is 17.3 Å². The number of alkyl halides is 6. The van der Waals surface area contributed by atoms with Crippen LogP contribution >= 0.6 is 0 Å². The topological polar surface area (TPSA) is 220 Å². The van der Waals surface area contributed by atoms with Crippen LogP contribution in [0.2, 0.25) is 0 Å². The maximum Gasteiger partial charge on any atom is 0.416 e. The normalized spacial score (nSPS) is 14.2. The van der Waals surface area contributed by atoms with E-state index in [-0.39, 0.29) is 29.6 Å². The zero-order chi connectivity index (χ0) is 55.0. The molecule has 77 heavy (non-hydrogen) atoms. The van der Waals surface area contributed by atoms with Gasteiger partial charge in [0.2, 0.25) is 0 Å². The summed E-state index contributed by atoms with van der Waals surface area (Å²) in [5.41, 5.74) is 4.92. The first-order chi connectivity index (χ1) is 36.7. The van der Waals surface area contributed by atoms with E-state index in [4.69, 9.17) is 5.84 Å². The summed E-state index contributed by atoms with van der Waals surface area (Å²) in [5, 5.41) is 22.5. The summed E-state index contributed by atoms with van der Waals surface area (Å²) in [6, 6.07) is 22.3. The van der Waals surface area contributed by atoms with Crippen LogP contribution in [-0.2, 0) is 25.4 Å². The van der Waals surface area contributed by atoms with Crippen molar-refractivity contribution in [2.24, 2.45) is 11.8 Å². The fourth-order valence-electron chi connectivity index (χ4n) is 8.62. The summed E-state index contributed by atoms with van der Waals surface area (Å²) in [6.45, 7) is 8.95. The van der Waals surface area contributed by atoms with Crippen LogP contribution in [0.1, 0.15) is 67.4 Å². The number of benzene rings is 4. The molecule has 9 N–H and O–H groups in total. The Labute approximate surface area is 440 Å². The molecule has 2 fully saturated rings. The highest BCUT2D eigenvalue weighted by molar-refractivity contribution is 6.05. The van der Waals surface area contributed by atoms with Crippen molar-refractivity contribution in [3.05, 3.63) is 154 Å². The van der Waals surface area contributed by atoms with Gasteiger partial charge in [0.15, 0.2) is 5.82 Å². The molecule has 2 amide bonds. The molecule has 1 atom stereocenters. The van der Waals surface area contributed by atoms with Crippen LogP contribution in [-0.4, -0.2) is 97.6 Å². The molecule has 0 spiro atoms. The predicted molar refractivity (Wildman–Crippen MR) is 284 cm³/mol. The number of nitrogens with one attached hydrogen (secondary N) is 7. The molecule has 4 aromatic carbocycles. The van der Waals surface area contributed by atoms with Crippen molar-refractivity contribution >= 4 is 57.8 Å². The molecule has 0 saturated carbocycles. The minimum atomic E-state index is -4.70. The number of carbonyl (C=O) groups is 2. The van der Waals surface area contributed by atoms with Crippen LogP contribution < -0.4 is 43.2 Å². The van der Waals surface area contributed by atoms with Crippen LogP contribution in [0, 0.1) is 19.8 Å². The number of nitrogens with two attached hydrogens (primary N) is 1. The van der Waals surface area contributed by atoms with E-state index in [1.807, 2.05) is 30.6 Å². The van der Waals surface area contributed by atoms with Crippen molar-refractivity contribution in [3.63, 3.8) is 0 Å². The smallest absolute Gasteiger partial charge is 0.382 e. The van der Waals surface area contributed by atoms with Crippen molar-refractivity contribution in [1.29, 1.82) is 0 Å². The monoisotopic (exact) mass is 1060 g/mol. The van der Waals surface area contributed by atoms with Crippen molar-refractivity contribution in [3.8, 4) is 5.82 Å². The highest BCUT2D eigenvalue weighted by Gasteiger charge is 2.35. The van der Waals surface area contributed by atoms with Crippen LogP contribution in [0.25, 0.3) is 5.82 Å².